The van der Waals surface area contributed by atoms with Gasteiger partial charge in [-0.05, 0) is 105 Å². The highest BCUT2D eigenvalue weighted by molar-refractivity contribution is 5.54. The first-order valence-electron chi connectivity index (χ1n) is 14.7. The summed E-state index contributed by atoms with van der Waals surface area (Å²) >= 11 is 0. The Morgan fingerprint density at radius 3 is 1.32 bits per heavy atom. The molecule has 218 valence electrons. The van der Waals surface area contributed by atoms with E-state index in [0.29, 0.717) is 31.5 Å². The van der Waals surface area contributed by atoms with Gasteiger partial charge in [-0.1, -0.05) is 20.8 Å². The molecule has 0 atom stereocenters. The van der Waals surface area contributed by atoms with Crippen LogP contribution in [0.2, 0.25) is 0 Å². The van der Waals surface area contributed by atoms with E-state index in [1.807, 2.05) is 46.8 Å². The zero-order valence-electron chi connectivity index (χ0n) is 25.9. The highest BCUT2D eigenvalue weighted by Crippen LogP contribution is 2.32. The molecule has 9 nitrogen and oxygen atoms in total. The minimum atomic E-state index is 0.665. The van der Waals surface area contributed by atoms with E-state index in [9.17, 15) is 0 Å². The lowest BCUT2D eigenvalue weighted by atomic mass is 9.83. The topological polar surface area (TPSA) is 116 Å². The summed E-state index contributed by atoms with van der Waals surface area (Å²) in [6.45, 7) is 19.6. The molecule has 1 aromatic carbocycles. The van der Waals surface area contributed by atoms with E-state index >= 15 is 0 Å². The van der Waals surface area contributed by atoms with Gasteiger partial charge in [0, 0.05) is 54.6 Å². The number of nitrogens with one attached hydrogen (secondary N) is 4. The van der Waals surface area contributed by atoms with Gasteiger partial charge >= 0.3 is 0 Å². The van der Waals surface area contributed by atoms with Gasteiger partial charge in [0.2, 0.25) is 11.9 Å². The molecule has 0 bridgehead atoms. The Morgan fingerprint density at radius 2 is 0.951 bits per heavy atom. The van der Waals surface area contributed by atoms with Gasteiger partial charge in [-0.3, -0.25) is 5.10 Å². The molecular weight excluding hydrogens is 510 g/mol. The molecule has 0 saturated carbocycles. The molecule has 4 rings (SSSR count). The highest BCUT2D eigenvalue weighted by atomic mass is 15.1. The standard InChI is InChI=1S/C32H45N9/c1-9-25-28(16-33-15-24-14-23(8)40-41-24)26(10-2)30(18-35-32-38-21(6)13-22(7)39-32)27(11-3)29(25)17-34-31-36-19(4)12-20(5)37-31/h12-14,33H,9-11,15-18H2,1-8H3,(H,40,41)(H,34,36,37)(H,35,38,39). The van der Waals surface area contributed by atoms with Crippen LogP contribution in [0, 0.1) is 34.6 Å². The monoisotopic (exact) mass is 555 g/mol. The lowest BCUT2D eigenvalue weighted by Crippen LogP contribution is -2.22. The van der Waals surface area contributed by atoms with Crippen LogP contribution >= 0.6 is 0 Å². The van der Waals surface area contributed by atoms with E-state index in [4.69, 9.17) is 0 Å². The van der Waals surface area contributed by atoms with Crippen molar-refractivity contribution in [2.75, 3.05) is 10.6 Å². The van der Waals surface area contributed by atoms with Crippen molar-refractivity contribution in [3.8, 4) is 0 Å². The van der Waals surface area contributed by atoms with Crippen molar-refractivity contribution in [3.05, 3.63) is 85.7 Å². The van der Waals surface area contributed by atoms with E-state index in [2.05, 4.69) is 72.9 Å². The van der Waals surface area contributed by atoms with Crippen molar-refractivity contribution in [3.63, 3.8) is 0 Å². The van der Waals surface area contributed by atoms with Gasteiger partial charge in [0.25, 0.3) is 0 Å². The number of hydrogen-bond acceptors (Lipinski definition) is 8. The second kappa shape index (κ2) is 13.7. The Hall–Kier alpha value is -3.85. The third-order valence-corrected chi connectivity index (χ3v) is 7.42. The Kier molecular flexibility index (Phi) is 10.0. The van der Waals surface area contributed by atoms with Gasteiger partial charge in [-0.15, -0.1) is 0 Å². The molecule has 9 heteroatoms. The second-order valence-electron chi connectivity index (χ2n) is 10.7. The van der Waals surface area contributed by atoms with Gasteiger partial charge in [0.1, 0.15) is 0 Å². The molecular formula is C32H45N9. The normalized spacial score (nSPS) is 11.2. The SMILES string of the molecule is CCc1c(CNCc2cc(C)[nH]n2)c(CC)c(CNc2nc(C)cc(C)n2)c(CC)c1CNc1nc(C)cc(C)n1. The number of aromatic amines is 1. The van der Waals surface area contributed by atoms with Gasteiger partial charge in [0.05, 0.1) is 5.69 Å². The molecule has 4 N–H and O–H groups in total. The minimum Gasteiger partial charge on any atom is -0.350 e. The lowest BCUT2D eigenvalue weighted by Gasteiger charge is -2.27. The third-order valence-electron chi connectivity index (χ3n) is 7.42. The summed E-state index contributed by atoms with van der Waals surface area (Å²) in [7, 11) is 0. The summed E-state index contributed by atoms with van der Waals surface area (Å²) in [5, 5.41) is 18.2. The maximum atomic E-state index is 4.64. The molecule has 4 aromatic rings. The van der Waals surface area contributed by atoms with E-state index in [1.54, 1.807) is 0 Å². The van der Waals surface area contributed by atoms with Crippen LogP contribution in [0.25, 0.3) is 0 Å². The highest BCUT2D eigenvalue weighted by Gasteiger charge is 2.22. The van der Waals surface area contributed by atoms with Crippen molar-refractivity contribution in [2.24, 2.45) is 0 Å². The van der Waals surface area contributed by atoms with E-state index < -0.39 is 0 Å². The number of aryl methyl sites for hydroxylation is 5. The van der Waals surface area contributed by atoms with Crippen LogP contribution in [0.15, 0.2) is 18.2 Å². The Balaban J connectivity index is 1.75. The summed E-state index contributed by atoms with van der Waals surface area (Å²) in [5.74, 6) is 1.34. The van der Waals surface area contributed by atoms with E-state index in [1.165, 1.54) is 33.4 Å². The van der Waals surface area contributed by atoms with Crippen molar-refractivity contribution >= 4 is 11.9 Å². The van der Waals surface area contributed by atoms with Crippen LogP contribution < -0.4 is 16.0 Å². The first-order chi connectivity index (χ1) is 19.7. The number of aromatic nitrogens is 6. The van der Waals surface area contributed by atoms with Crippen LogP contribution in [0.3, 0.4) is 0 Å². The quantitative estimate of drug-likeness (QED) is 0.165. The van der Waals surface area contributed by atoms with E-state index in [-0.39, 0.29) is 0 Å². The van der Waals surface area contributed by atoms with Crippen LogP contribution in [-0.4, -0.2) is 30.1 Å². The van der Waals surface area contributed by atoms with Crippen molar-refractivity contribution in [2.45, 2.75) is 101 Å². The molecule has 0 unspecified atom stereocenters. The maximum absolute atomic E-state index is 4.64. The fourth-order valence-corrected chi connectivity index (χ4v) is 5.84. The van der Waals surface area contributed by atoms with E-state index in [0.717, 1.165) is 60.0 Å². The van der Waals surface area contributed by atoms with Gasteiger partial charge in [-0.2, -0.15) is 5.10 Å². The zero-order chi connectivity index (χ0) is 29.5. The van der Waals surface area contributed by atoms with Crippen LogP contribution in [0.4, 0.5) is 11.9 Å². The molecule has 0 amide bonds. The Morgan fingerprint density at radius 1 is 0.537 bits per heavy atom. The molecule has 3 heterocycles. The zero-order valence-corrected chi connectivity index (χ0v) is 25.9. The maximum Gasteiger partial charge on any atom is 0.223 e. The van der Waals surface area contributed by atoms with Gasteiger partial charge in [-0.25, -0.2) is 19.9 Å². The second-order valence-corrected chi connectivity index (χ2v) is 10.7. The molecule has 41 heavy (non-hydrogen) atoms. The van der Waals surface area contributed by atoms with Crippen molar-refractivity contribution in [1.29, 1.82) is 0 Å². The molecule has 0 aliphatic heterocycles. The number of anilines is 2. The van der Waals surface area contributed by atoms with Crippen molar-refractivity contribution in [1.82, 2.24) is 35.5 Å². The predicted molar refractivity (Wildman–Crippen MR) is 166 cm³/mol. The summed E-state index contributed by atoms with van der Waals surface area (Å²) in [4.78, 5) is 18.6. The summed E-state index contributed by atoms with van der Waals surface area (Å²) in [6.07, 6.45) is 2.81. The molecule has 0 saturated heterocycles. The largest absolute Gasteiger partial charge is 0.350 e. The summed E-state index contributed by atoms with van der Waals surface area (Å²) < 4.78 is 0. The van der Waals surface area contributed by atoms with Crippen LogP contribution in [-0.2, 0) is 45.4 Å². The van der Waals surface area contributed by atoms with Gasteiger partial charge in [0.15, 0.2) is 0 Å². The Labute approximate surface area is 244 Å². The summed E-state index contributed by atoms with van der Waals surface area (Å²) in [5.41, 5.74) is 14.1. The molecule has 0 aliphatic rings. The lowest BCUT2D eigenvalue weighted by molar-refractivity contribution is 0.664. The summed E-state index contributed by atoms with van der Waals surface area (Å²) in [6, 6.07) is 6.09. The molecule has 0 radical (unpaired) electrons. The average molecular weight is 556 g/mol. The minimum absolute atomic E-state index is 0.665. The molecule has 3 aromatic heterocycles. The fourth-order valence-electron chi connectivity index (χ4n) is 5.84. The van der Waals surface area contributed by atoms with Crippen LogP contribution in [0.1, 0.15) is 88.3 Å². The first-order valence-corrected chi connectivity index (χ1v) is 14.7. The molecule has 0 aliphatic carbocycles. The number of nitrogens with zero attached hydrogens (tertiary/aromatic N) is 5. The number of H-pyrrole nitrogens is 1. The third kappa shape index (κ3) is 7.47. The number of hydrogen-bond donors (Lipinski definition) is 4. The molecule has 0 spiro atoms. The van der Waals surface area contributed by atoms with Crippen molar-refractivity contribution < 1.29 is 0 Å². The first kappa shape index (κ1) is 30.1. The smallest absolute Gasteiger partial charge is 0.223 e. The van der Waals surface area contributed by atoms with Gasteiger partial charge < -0.3 is 16.0 Å². The molecule has 0 fully saturated rings. The fraction of sp³-hybridized carbons (Fsp3) is 0.469. The Bertz CT molecular complexity index is 1360. The van der Waals surface area contributed by atoms with Crippen LogP contribution in [0.5, 0.6) is 0 Å². The predicted octanol–water partition coefficient (Wildman–Crippen LogP) is 5.73. The number of rotatable bonds is 13. The average Bonchev–Trinajstić information content (AvgIpc) is 3.33. The number of benzene rings is 1.